The normalized spacial score (nSPS) is 25.2. The summed E-state index contributed by atoms with van der Waals surface area (Å²) in [6.45, 7) is 0.282. The Labute approximate surface area is 150 Å². The summed E-state index contributed by atoms with van der Waals surface area (Å²) in [7, 11) is 0. The monoisotopic (exact) mass is 359 g/mol. The highest BCUT2D eigenvalue weighted by atomic mass is 16.5. The highest BCUT2D eigenvalue weighted by molar-refractivity contribution is 6.04. The van der Waals surface area contributed by atoms with Gasteiger partial charge in [0.2, 0.25) is 5.91 Å². The number of amides is 4. The number of carbonyl (C=O) groups excluding carboxylic acids is 3. The lowest BCUT2D eigenvalue weighted by Crippen LogP contribution is -2.46. The van der Waals surface area contributed by atoms with Crippen molar-refractivity contribution in [3.8, 4) is 5.75 Å². The smallest absolute Gasteiger partial charge is 0.325 e. The Morgan fingerprint density at radius 3 is 2.88 bits per heavy atom. The molecule has 3 aliphatic rings. The number of rotatable bonds is 5. The Morgan fingerprint density at radius 2 is 2.19 bits per heavy atom. The van der Waals surface area contributed by atoms with Crippen LogP contribution in [-0.4, -0.2) is 53.7 Å². The molecule has 2 heterocycles. The fourth-order valence-corrected chi connectivity index (χ4v) is 3.75. The van der Waals surface area contributed by atoms with E-state index in [4.69, 9.17) is 4.74 Å². The first-order chi connectivity index (χ1) is 12.5. The van der Waals surface area contributed by atoms with E-state index < -0.39 is 17.8 Å². The Bertz CT molecular complexity index is 743. The number of urea groups is 1. The Hall–Kier alpha value is -2.61. The van der Waals surface area contributed by atoms with Crippen LogP contribution >= 0.6 is 0 Å². The van der Waals surface area contributed by atoms with Gasteiger partial charge in [-0.15, -0.1) is 0 Å². The number of hydrogen-bond acceptors (Lipinski definition) is 5. The van der Waals surface area contributed by atoms with Gasteiger partial charge in [-0.25, -0.2) is 4.79 Å². The van der Waals surface area contributed by atoms with E-state index in [1.165, 1.54) is 0 Å². The molecule has 26 heavy (non-hydrogen) atoms. The van der Waals surface area contributed by atoms with E-state index in [2.05, 4.69) is 10.6 Å². The molecule has 1 saturated heterocycles. The van der Waals surface area contributed by atoms with Crippen LogP contribution in [0.2, 0.25) is 0 Å². The maximum atomic E-state index is 12.5. The number of ether oxygens (including phenoxy) is 1. The maximum absolute atomic E-state index is 12.5. The summed E-state index contributed by atoms with van der Waals surface area (Å²) in [4.78, 5) is 36.7. The Morgan fingerprint density at radius 1 is 1.38 bits per heavy atom. The van der Waals surface area contributed by atoms with E-state index in [1.54, 1.807) is 0 Å². The molecule has 4 rings (SSSR count). The number of aliphatic hydroxyl groups is 1. The molecule has 0 spiro atoms. The molecule has 2 aliphatic heterocycles. The van der Waals surface area contributed by atoms with E-state index in [9.17, 15) is 19.5 Å². The average molecular weight is 359 g/mol. The number of hydrogen-bond donors (Lipinski definition) is 3. The zero-order valence-corrected chi connectivity index (χ0v) is 14.2. The summed E-state index contributed by atoms with van der Waals surface area (Å²) >= 11 is 0. The van der Waals surface area contributed by atoms with Gasteiger partial charge in [0.05, 0.1) is 25.3 Å². The van der Waals surface area contributed by atoms with Gasteiger partial charge in [0.1, 0.15) is 12.3 Å². The molecular formula is C18H21N3O5. The SMILES string of the molecule is O=C(CN1C(=O)CNC1=O)N[C@@H](c1ccc2c(c1)CCO2)C1CC(O)C1. The predicted molar refractivity (Wildman–Crippen MR) is 90.4 cm³/mol. The van der Waals surface area contributed by atoms with Crippen molar-refractivity contribution < 1.29 is 24.2 Å². The maximum Gasteiger partial charge on any atom is 0.325 e. The first kappa shape index (κ1) is 16.8. The standard InChI is InChI=1S/C18H21N3O5/c22-13-6-12(7-13)17(11-1-2-14-10(5-11)3-4-26-14)20-15(23)9-21-16(24)8-19-18(21)25/h1-2,5,12-13,17,22H,3-4,6-9H2,(H,19,25)(H,20,23)/t12?,13?,17-/m0/s1. The lowest BCUT2D eigenvalue weighted by Gasteiger charge is -2.38. The Balaban J connectivity index is 1.49. The van der Waals surface area contributed by atoms with Crippen molar-refractivity contribution in [2.45, 2.75) is 31.4 Å². The largest absolute Gasteiger partial charge is 0.493 e. The quantitative estimate of drug-likeness (QED) is 0.647. The van der Waals surface area contributed by atoms with Gasteiger partial charge in [-0.1, -0.05) is 6.07 Å². The third kappa shape index (κ3) is 3.12. The fourth-order valence-electron chi connectivity index (χ4n) is 3.75. The molecule has 0 aromatic heterocycles. The second-order valence-corrected chi connectivity index (χ2v) is 7.03. The topological polar surface area (TPSA) is 108 Å². The second-order valence-electron chi connectivity index (χ2n) is 7.03. The summed E-state index contributed by atoms with van der Waals surface area (Å²) in [5.41, 5.74) is 2.06. The molecule has 1 saturated carbocycles. The second kappa shape index (κ2) is 6.60. The number of aliphatic hydroxyl groups excluding tert-OH is 1. The molecule has 8 heteroatoms. The molecule has 2 fully saturated rings. The van der Waals surface area contributed by atoms with Crippen LogP contribution in [0, 0.1) is 5.92 Å². The van der Waals surface area contributed by atoms with Gasteiger partial charge in [-0.05, 0) is 42.0 Å². The average Bonchev–Trinajstić information content (AvgIpc) is 3.18. The number of fused-ring (bicyclic) bond motifs is 1. The van der Waals surface area contributed by atoms with Crippen molar-refractivity contribution in [1.82, 2.24) is 15.5 Å². The molecule has 138 valence electrons. The molecule has 1 aromatic carbocycles. The number of nitrogens with zero attached hydrogens (tertiary/aromatic N) is 1. The Kier molecular flexibility index (Phi) is 4.28. The van der Waals surface area contributed by atoms with E-state index in [0.29, 0.717) is 19.4 Å². The molecule has 0 radical (unpaired) electrons. The van der Waals surface area contributed by atoms with Gasteiger partial charge in [-0.2, -0.15) is 0 Å². The highest BCUT2D eigenvalue weighted by Crippen LogP contribution is 2.39. The molecule has 8 nitrogen and oxygen atoms in total. The highest BCUT2D eigenvalue weighted by Gasteiger charge is 2.37. The molecule has 1 atom stereocenters. The van der Waals surface area contributed by atoms with E-state index in [1.807, 2.05) is 18.2 Å². The minimum Gasteiger partial charge on any atom is -0.493 e. The predicted octanol–water partition coefficient (Wildman–Crippen LogP) is 0.102. The lowest BCUT2D eigenvalue weighted by atomic mass is 9.75. The molecule has 4 amide bonds. The summed E-state index contributed by atoms with van der Waals surface area (Å²) in [5.74, 6) is 0.193. The van der Waals surface area contributed by atoms with E-state index >= 15 is 0 Å². The number of imide groups is 1. The van der Waals surface area contributed by atoms with Crippen LogP contribution in [0.4, 0.5) is 4.79 Å². The molecular weight excluding hydrogens is 338 g/mol. The van der Waals surface area contributed by atoms with Gasteiger partial charge in [0, 0.05) is 6.42 Å². The van der Waals surface area contributed by atoms with Crippen LogP contribution < -0.4 is 15.4 Å². The minimum atomic E-state index is -0.546. The van der Waals surface area contributed by atoms with Crippen LogP contribution in [0.15, 0.2) is 18.2 Å². The third-order valence-electron chi connectivity index (χ3n) is 5.25. The van der Waals surface area contributed by atoms with Crippen LogP contribution in [0.5, 0.6) is 5.75 Å². The molecule has 1 aliphatic carbocycles. The van der Waals surface area contributed by atoms with Crippen LogP contribution in [0.1, 0.15) is 30.0 Å². The zero-order valence-electron chi connectivity index (χ0n) is 14.2. The summed E-state index contributed by atoms with van der Waals surface area (Å²) in [5, 5.41) is 15.0. The van der Waals surface area contributed by atoms with Gasteiger partial charge in [0.25, 0.3) is 5.91 Å². The van der Waals surface area contributed by atoms with Crippen molar-refractivity contribution in [2.24, 2.45) is 5.92 Å². The first-order valence-corrected chi connectivity index (χ1v) is 8.82. The zero-order chi connectivity index (χ0) is 18.3. The number of benzene rings is 1. The first-order valence-electron chi connectivity index (χ1n) is 8.82. The molecule has 0 unspecified atom stereocenters. The number of nitrogens with one attached hydrogen (secondary N) is 2. The van der Waals surface area contributed by atoms with Crippen molar-refractivity contribution in [2.75, 3.05) is 19.7 Å². The van der Waals surface area contributed by atoms with Crippen molar-refractivity contribution >= 4 is 17.8 Å². The van der Waals surface area contributed by atoms with Gasteiger partial charge in [0.15, 0.2) is 0 Å². The molecule has 3 N–H and O–H groups in total. The lowest BCUT2D eigenvalue weighted by molar-refractivity contribution is -0.131. The van der Waals surface area contributed by atoms with Gasteiger partial charge < -0.3 is 20.5 Å². The number of carbonyl (C=O) groups is 3. The van der Waals surface area contributed by atoms with Crippen molar-refractivity contribution in [3.05, 3.63) is 29.3 Å². The summed E-state index contributed by atoms with van der Waals surface area (Å²) in [6, 6.07) is 5.05. The van der Waals surface area contributed by atoms with Gasteiger partial charge in [-0.3, -0.25) is 14.5 Å². The summed E-state index contributed by atoms with van der Waals surface area (Å²) < 4.78 is 5.53. The summed E-state index contributed by atoms with van der Waals surface area (Å²) in [6.07, 6.45) is 1.71. The minimum absolute atomic E-state index is 0.0742. The third-order valence-corrected chi connectivity index (χ3v) is 5.25. The van der Waals surface area contributed by atoms with Gasteiger partial charge >= 0.3 is 6.03 Å². The van der Waals surface area contributed by atoms with Crippen LogP contribution in [-0.2, 0) is 16.0 Å². The van der Waals surface area contributed by atoms with E-state index in [-0.39, 0.29) is 31.2 Å². The molecule has 0 bridgehead atoms. The van der Waals surface area contributed by atoms with Crippen LogP contribution in [0.3, 0.4) is 0 Å². The fraction of sp³-hybridized carbons (Fsp3) is 0.500. The van der Waals surface area contributed by atoms with E-state index in [0.717, 1.165) is 28.2 Å². The van der Waals surface area contributed by atoms with Crippen molar-refractivity contribution in [3.63, 3.8) is 0 Å². The van der Waals surface area contributed by atoms with Crippen molar-refractivity contribution in [1.29, 1.82) is 0 Å². The van der Waals surface area contributed by atoms with Crippen LogP contribution in [0.25, 0.3) is 0 Å². The molecule has 1 aromatic rings.